The Morgan fingerprint density at radius 2 is 2.17 bits per heavy atom. The van der Waals surface area contributed by atoms with Gasteiger partial charge in [-0.05, 0) is 19.3 Å². The van der Waals surface area contributed by atoms with Gasteiger partial charge in [0.15, 0.2) is 0 Å². The maximum atomic E-state index is 11.7. The number of aldehydes is 1. The van der Waals surface area contributed by atoms with Crippen molar-refractivity contribution in [3.63, 3.8) is 0 Å². The first kappa shape index (κ1) is 7.96. The Morgan fingerprint density at radius 3 is 2.50 bits per heavy atom. The lowest BCUT2D eigenvalue weighted by Gasteiger charge is -2.35. The van der Waals surface area contributed by atoms with Crippen LogP contribution in [0.2, 0.25) is 0 Å². The Kier molecular flexibility index (Phi) is 1.31. The summed E-state index contributed by atoms with van der Waals surface area (Å²) in [7, 11) is 0. The van der Waals surface area contributed by atoms with Crippen molar-refractivity contribution in [2.45, 2.75) is 33.1 Å². The van der Waals surface area contributed by atoms with Crippen LogP contribution in [0.1, 0.15) is 33.1 Å². The summed E-state index contributed by atoms with van der Waals surface area (Å²) in [5, 5.41) is 0. The van der Waals surface area contributed by atoms with Crippen molar-refractivity contribution < 1.29 is 9.59 Å². The van der Waals surface area contributed by atoms with Crippen molar-refractivity contribution in [2.75, 3.05) is 0 Å². The van der Waals surface area contributed by atoms with Gasteiger partial charge in [-0.2, -0.15) is 0 Å². The Hall–Kier alpha value is -0.660. The van der Waals surface area contributed by atoms with Gasteiger partial charge in [0.05, 0.1) is 0 Å². The van der Waals surface area contributed by atoms with Crippen LogP contribution in [0.25, 0.3) is 0 Å². The van der Waals surface area contributed by atoms with Crippen LogP contribution in [0.4, 0.5) is 0 Å². The van der Waals surface area contributed by atoms with Crippen LogP contribution in [0.5, 0.6) is 0 Å². The average molecular weight is 166 g/mol. The van der Waals surface area contributed by atoms with Gasteiger partial charge in [-0.25, -0.2) is 0 Å². The summed E-state index contributed by atoms with van der Waals surface area (Å²) in [5.41, 5.74) is -0.702. The molecule has 2 atom stereocenters. The van der Waals surface area contributed by atoms with E-state index in [2.05, 4.69) is 0 Å². The van der Waals surface area contributed by atoms with Crippen LogP contribution in [0.15, 0.2) is 0 Å². The monoisotopic (exact) mass is 166 g/mol. The lowest BCUT2D eigenvalue weighted by Crippen LogP contribution is -2.40. The van der Waals surface area contributed by atoms with E-state index in [1.807, 2.05) is 13.8 Å². The molecule has 0 radical (unpaired) electrons. The molecule has 2 saturated carbocycles. The van der Waals surface area contributed by atoms with Gasteiger partial charge >= 0.3 is 0 Å². The van der Waals surface area contributed by atoms with Crippen molar-refractivity contribution in [1.82, 2.24) is 0 Å². The highest BCUT2D eigenvalue weighted by molar-refractivity contribution is 5.95. The molecule has 66 valence electrons. The van der Waals surface area contributed by atoms with Gasteiger partial charge in [-0.1, -0.05) is 13.8 Å². The number of carbonyl (C=O) groups is 2. The molecule has 0 aromatic carbocycles. The Balaban J connectivity index is 2.48. The van der Waals surface area contributed by atoms with E-state index < -0.39 is 5.41 Å². The van der Waals surface area contributed by atoms with E-state index in [1.165, 1.54) is 0 Å². The van der Waals surface area contributed by atoms with E-state index in [0.29, 0.717) is 5.78 Å². The van der Waals surface area contributed by atoms with Crippen molar-refractivity contribution in [3.8, 4) is 0 Å². The zero-order valence-electron chi connectivity index (χ0n) is 7.59. The van der Waals surface area contributed by atoms with Gasteiger partial charge in [0, 0.05) is 16.7 Å². The van der Waals surface area contributed by atoms with Crippen molar-refractivity contribution in [2.24, 2.45) is 16.7 Å². The molecule has 12 heavy (non-hydrogen) atoms. The third-order valence-corrected chi connectivity index (χ3v) is 4.01. The molecule has 0 aromatic rings. The highest BCUT2D eigenvalue weighted by Crippen LogP contribution is 2.60. The predicted molar refractivity (Wildman–Crippen MR) is 44.6 cm³/mol. The summed E-state index contributed by atoms with van der Waals surface area (Å²) in [5.74, 6) is 0.492. The minimum absolute atomic E-state index is 0.185. The molecule has 2 fully saturated rings. The minimum Gasteiger partial charge on any atom is -0.303 e. The molecule has 2 heteroatoms. The Morgan fingerprint density at radius 1 is 1.50 bits per heavy atom. The predicted octanol–water partition coefficient (Wildman–Crippen LogP) is 1.58. The SMILES string of the molecule is CC1(C)C(=O)C2CCC1(C=O)C2. The standard InChI is InChI=1S/C10H14O2/c1-9(2)8(12)7-3-4-10(9,5-7)6-11/h6-7H,3-5H2,1-2H3. The van der Waals surface area contributed by atoms with Crippen LogP contribution < -0.4 is 0 Å². The smallest absolute Gasteiger partial charge is 0.142 e. The second kappa shape index (κ2) is 1.98. The summed E-state index contributed by atoms with van der Waals surface area (Å²) in [4.78, 5) is 22.7. The van der Waals surface area contributed by atoms with E-state index in [1.54, 1.807) is 0 Å². The molecule has 2 rings (SSSR count). The van der Waals surface area contributed by atoms with Crippen molar-refractivity contribution in [3.05, 3.63) is 0 Å². The highest BCUT2D eigenvalue weighted by Gasteiger charge is 2.62. The van der Waals surface area contributed by atoms with Crippen LogP contribution in [-0.2, 0) is 9.59 Å². The molecule has 0 heterocycles. The van der Waals surface area contributed by atoms with Gasteiger partial charge in [-0.3, -0.25) is 4.79 Å². The highest BCUT2D eigenvalue weighted by atomic mass is 16.1. The van der Waals surface area contributed by atoms with E-state index in [9.17, 15) is 9.59 Å². The molecule has 0 spiro atoms. The first-order valence-electron chi connectivity index (χ1n) is 4.54. The summed E-state index contributed by atoms with van der Waals surface area (Å²) >= 11 is 0. The fourth-order valence-electron chi connectivity index (χ4n) is 2.88. The van der Waals surface area contributed by atoms with Gasteiger partial charge in [0.25, 0.3) is 0 Å². The number of Topliss-reactive ketones (excluding diaryl/α,β-unsaturated/α-hetero) is 1. The van der Waals surface area contributed by atoms with Crippen LogP contribution in [-0.4, -0.2) is 12.1 Å². The number of fused-ring (bicyclic) bond motifs is 2. The second-order valence-electron chi connectivity index (χ2n) is 4.70. The molecule has 2 nitrogen and oxygen atoms in total. The van der Waals surface area contributed by atoms with Crippen molar-refractivity contribution >= 4 is 12.1 Å². The van der Waals surface area contributed by atoms with Gasteiger partial charge in [0.1, 0.15) is 12.1 Å². The van der Waals surface area contributed by atoms with Crippen LogP contribution in [0, 0.1) is 16.7 Å². The molecule has 0 N–H and O–H groups in total. The zero-order valence-corrected chi connectivity index (χ0v) is 7.59. The number of carbonyl (C=O) groups excluding carboxylic acids is 2. The molecule has 0 aromatic heterocycles. The first-order chi connectivity index (χ1) is 5.53. The number of hydrogen-bond donors (Lipinski definition) is 0. The zero-order chi connectivity index (χ0) is 8.98. The maximum absolute atomic E-state index is 11.7. The molecule has 0 saturated heterocycles. The largest absolute Gasteiger partial charge is 0.303 e. The van der Waals surface area contributed by atoms with Crippen LogP contribution in [0.3, 0.4) is 0 Å². The molecular weight excluding hydrogens is 152 g/mol. The molecule has 2 bridgehead atoms. The normalized spacial score (nSPS) is 43.5. The minimum atomic E-state index is -0.391. The molecule has 0 amide bonds. The molecule has 2 aliphatic carbocycles. The first-order valence-corrected chi connectivity index (χ1v) is 4.54. The third-order valence-electron chi connectivity index (χ3n) is 4.01. The van der Waals surface area contributed by atoms with Gasteiger partial charge in [0.2, 0.25) is 0 Å². The summed E-state index contributed by atoms with van der Waals surface area (Å²) in [6.45, 7) is 3.84. The maximum Gasteiger partial charge on any atom is 0.142 e. The third kappa shape index (κ3) is 0.621. The molecular formula is C10H14O2. The molecule has 2 unspecified atom stereocenters. The lowest BCUT2D eigenvalue weighted by molar-refractivity contribution is -0.137. The fraction of sp³-hybridized carbons (Fsp3) is 0.800. The van der Waals surface area contributed by atoms with E-state index in [-0.39, 0.29) is 11.3 Å². The molecule has 2 aliphatic rings. The van der Waals surface area contributed by atoms with Gasteiger partial charge in [-0.15, -0.1) is 0 Å². The summed E-state index contributed by atoms with van der Waals surface area (Å²) in [6.07, 6.45) is 3.68. The summed E-state index contributed by atoms with van der Waals surface area (Å²) < 4.78 is 0. The van der Waals surface area contributed by atoms with Crippen molar-refractivity contribution in [1.29, 1.82) is 0 Å². The van der Waals surface area contributed by atoms with Crippen LogP contribution >= 0.6 is 0 Å². The fourth-order valence-corrected chi connectivity index (χ4v) is 2.88. The number of ketones is 1. The van der Waals surface area contributed by atoms with E-state index in [0.717, 1.165) is 25.5 Å². The Labute approximate surface area is 72.3 Å². The quantitative estimate of drug-likeness (QED) is 0.554. The van der Waals surface area contributed by atoms with E-state index >= 15 is 0 Å². The second-order valence-corrected chi connectivity index (χ2v) is 4.70. The lowest BCUT2D eigenvalue weighted by atomic mass is 9.65. The van der Waals surface area contributed by atoms with E-state index in [4.69, 9.17) is 0 Å². The topological polar surface area (TPSA) is 34.1 Å². The van der Waals surface area contributed by atoms with Gasteiger partial charge < -0.3 is 4.79 Å². The summed E-state index contributed by atoms with van der Waals surface area (Å²) in [6, 6.07) is 0. The number of rotatable bonds is 1. The Bertz CT molecular complexity index is 255. The molecule has 0 aliphatic heterocycles. The average Bonchev–Trinajstić information content (AvgIpc) is 2.53. The number of hydrogen-bond acceptors (Lipinski definition) is 2.